The molecule has 0 radical (unpaired) electrons. The molecule has 1 aliphatic heterocycles. The summed E-state index contributed by atoms with van der Waals surface area (Å²) in [7, 11) is -1.23. The van der Waals surface area contributed by atoms with Crippen LogP contribution in [0.15, 0.2) is 0 Å². The summed E-state index contributed by atoms with van der Waals surface area (Å²) < 4.78 is 10.7. The van der Waals surface area contributed by atoms with Gasteiger partial charge in [0.1, 0.15) is 5.60 Å². The number of nitrogens with two attached hydrogens (primary N) is 1. The molecule has 7 nitrogen and oxygen atoms in total. The summed E-state index contributed by atoms with van der Waals surface area (Å²) in [5.74, 6) is 0. The van der Waals surface area contributed by atoms with Crippen molar-refractivity contribution in [2.24, 2.45) is 5.73 Å². The van der Waals surface area contributed by atoms with Crippen LogP contribution < -0.4 is 11.1 Å². The number of carbonyl (C=O) groups is 2. The number of nitrogens with one attached hydrogen (secondary N) is 1. The van der Waals surface area contributed by atoms with Gasteiger partial charge in [-0.05, 0) is 39.7 Å². The standard InChI is InChI=1S/C17H35N3O4Si/c1-16(2,3)24-15(22)20-9-7-17(13-18,8-10-20)19-14(21)23-11-12-25(4,5)6/h7-13,18H2,1-6H3,(H,19,21). The smallest absolute Gasteiger partial charge is 0.410 e. The summed E-state index contributed by atoms with van der Waals surface area (Å²) in [4.78, 5) is 25.9. The van der Waals surface area contributed by atoms with Gasteiger partial charge in [-0.15, -0.1) is 0 Å². The molecule has 0 bridgehead atoms. The van der Waals surface area contributed by atoms with Crippen molar-refractivity contribution in [1.29, 1.82) is 0 Å². The summed E-state index contributed by atoms with van der Waals surface area (Å²) in [6, 6.07) is 0.933. The summed E-state index contributed by atoms with van der Waals surface area (Å²) in [5, 5.41) is 2.93. The van der Waals surface area contributed by atoms with Gasteiger partial charge in [-0.25, -0.2) is 9.59 Å². The average Bonchev–Trinajstić information content (AvgIpc) is 2.44. The number of alkyl carbamates (subject to hydrolysis) is 1. The first-order valence-corrected chi connectivity index (χ1v) is 12.7. The number of likely N-dealkylation sites (tertiary alicyclic amines) is 1. The summed E-state index contributed by atoms with van der Waals surface area (Å²) in [6.07, 6.45) is 0.433. The van der Waals surface area contributed by atoms with Gasteiger partial charge in [-0.2, -0.15) is 0 Å². The van der Waals surface area contributed by atoms with Gasteiger partial charge in [-0.3, -0.25) is 0 Å². The third kappa shape index (κ3) is 8.09. The number of carbonyl (C=O) groups excluding carboxylic acids is 2. The Bertz CT molecular complexity index is 463. The third-order valence-corrected chi connectivity index (χ3v) is 5.92. The molecule has 0 aliphatic carbocycles. The molecule has 0 saturated carbocycles. The van der Waals surface area contributed by atoms with Crippen molar-refractivity contribution in [2.75, 3.05) is 26.2 Å². The molecule has 2 amide bonds. The average molecular weight is 374 g/mol. The van der Waals surface area contributed by atoms with Crippen LogP contribution in [-0.4, -0.2) is 62.5 Å². The van der Waals surface area contributed by atoms with E-state index in [-0.39, 0.29) is 6.09 Å². The molecule has 1 saturated heterocycles. The van der Waals surface area contributed by atoms with Crippen LogP contribution in [0.3, 0.4) is 0 Å². The predicted octanol–water partition coefficient (Wildman–Crippen LogP) is 2.78. The zero-order valence-electron chi connectivity index (χ0n) is 16.6. The van der Waals surface area contributed by atoms with E-state index in [2.05, 4.69) is 25.0 Å². The number of nitrogens with zero attached hydrogens (tertiary/aromatic N) is 1. The molecule has 0 aromatic heterocycles. The number of piperidine rings is 1. The molecule has 8 heteroatoms. The Morgan fingerprint density at radius 2 is 1.76 bits per heavy atom. The van der Waals surface area contributed by atoms with Crippen LogP contribution in [0.5, 0.6) is 0 Å². The van der Waals surface area contributed by atoms with Gasteiger partial charge in [0.15, 0.2) is 0 Å². The highest BCUT2D eigenvalue weighted by Gasteiger charge is 2.37. The molecule has 0 aromatic carbocycles. The minimum atomic E-state index is -1.23. The second-order valence-electron chi connectivity index (χ2n) is 9.02. The fraction of sp³-hybridized carbons (Fsp3) is 0.882. The minimum absolute atomic E-state index is 0.318. The molecule has 0 atom stereocenters. The normalized spacial score (nSPS) is 17.8. The van der Waals surface area contributed by atoms with Gasteiger partial charge in [-0.1, -0.05) is 19.6 Å². The number of rotatable bonds is 5. The van der Waals surface area contributed by atoms with Crippen molar-refractivity contribution in [3.05, 3.63) is 0 Å². The number of amides is 2. The quantitative estimate of drug-likeness (QED) is 0.723. The zero-order chi connectivity index (χ0) is 19.3. The molecule has 3 N–H and O–H groups in total. The maximum Gasteiger partial charge on any atom is 0.410 e. The van der Waals surface area contributed by atoms with Gasteiger partial charge in [0.05, 0.1) is 12.1 Å². The first kappa shape index (κ1) is 21.8. The van der Waals surface area contributed by atoms with Gasteiger partial charge >= 0.3 is 12.2 Å². The topological polar surface area (TPSA) is 93.9 Å². The van der Waals surface area contributed by atoms with Crippen molar-refractivity contribution < 1.29 is 19.1 Å². The van der Waals surface area contributed by atoms with Crippen LogP contribution in [0.25, 0.3) is 0 Å². The Balaban J connectivity index is 2.49. The lowest BCUT2D eigenvalue weighted by atomic mass is 9.88. The summed E-state index contributed by atoms with van der Waals surface area (Å²) in [5.41, 5.74) is 4.87. The van der Waals surface area contributed by atoms with E-state index in [0.717, 1.165) is 6.04 Å². The highest BCUT2D eigenvalue weighted by molar-refractivity contribution is 6.76. The number of ether oxygens (including phenoxy) is 2. The molecule has 1 rings (SSSR count). The van der Waals surface area contributed by atoms with Gasteiger partial charge in [0.2, 0.25) is 0 Å². The molecule has 0 unspecified atom stereocenters. The largest absolute Gasteiger partial charge is 0.450 e. The predicted molar refractivity (Wildman–Crippen MR) is 101 cm³/mol. The maximum absolute atomic E-state index is 12.1. The second-order valence-corrected chi connectivity index (χ2v) is 14.6. The van der Waals surface area contributed by atoms with Crippen molar-refractivity contribution in [3.8, 4) is 0 Å². The SMILES string of the molecule is CC(C)(C)OC(=O)N1CCC(CN)(NC(=O)OCC[Si](C)(C)C)CC1. The Hall–Kier alpha value is -1.28. The second kappa shape index (κ2) is 8.40. The zero-order valence-corrected chi connectivity index (χ0v) is 17.6. The molecular formula is C17H35N3O4Si. The van der Waals surface area contributed by atoms with E-state index in [1.807, 2.05) is 20.8 Å². The Morgan fingerprint density at radius 1 is 1.20 bits per heavy atom. The van der Waals surface area contributed by atoms with Gasteiger partial charge in [0.25, 0.3) is 0 Å². The van der Waals surface area contributed by atoms with E-state index < -0.39 is 25.3 Å². The maximum atomic E-state index is 12.1. The van der Waals surface area contributed by atoms with Crippen LogP contribution >= 0.6 is 0 Å². The van der Waals surface area contributed by atoms with E-state index in [9.17, 15) is 9.59 Å². The van der Waals surface area contributed by atoms with Crippen molar-refractivity contribution in [2.45, 2.75) is 70.4 Å². The van der Waals surface area contributed by atoms with Crippen LogP contribution in [-0.2, 0) is 9.47 Å². The van der Waals surface area contributed by atoms with E-state index in [1.54, 1.807) is 4.90 Å². The lowest BCUT2D eigenvalue weighted by Gasteiger charge is -2.41. The van der Waals surface area contributed by atoms with Gasteiger partial charge < -0.3 is 25.4 Å². The lowest BCUT2D eigenvalue weighted by molar-refractivity contribution is 0.0152. The van der Waals surface area contributed by atoms with Crippen molar-refractivity contribution in [3.63, 3.8) is 0 Å². The van der Waals surface area contributed by atoms with Crippen LogP contribution in [0, 0.1) is 0 Å². The molecule has 146 valence electrons. The van der Waals surface area contributed by atoms with Crippen LogP contribution in [0.2, 0.25) is 25.7 Å². The fourth-order valence-corrected chi connectivity index (χ4v) is 3.24. The molecule has 0 aromatic rings. The third-order valence-electron chi connectivity index (χ3n) is 4.22. The molecular weight excluding hydrogens is 338 g/mol. The number of hydrogen-bond donors (Lipinski definition) is 2. The summed E-state index contributed by atoms with van der Waals surface area (Å²) >= 11 is 0. The van der Waals surface area contributed by atoms with Gasteiger partial charge in [0, 0.05) is 27.7 Å². The molecule has 1 heterocycles. The van der Waals surface area contributed by atoms with E-state index in [4.69, 9.17) is 15.2 Å². The molecule has 25 heavy (non-hydrogen) atoms. The highest BCUT2D eigenvalue weighted by Crippen LogP contribution is 2.23. The van der Waals surface area contributed by atoms with Crippen molar-refractivity contribution in [1.82, 2.24) is 10.2 Å². The molecule has 0 spiro atoms. The Morgan fingerprint density at radius 3 is 2.20 bits per heavy atom. The van der Waals surface area contributed by atoms with E-state index >= 15 is 0 Å². The Kier molecular flexibility index (Phi) is 7.31. The molecule has 1 fully saturated rings. The minimum Gasteiger partial charge on any atom is -0.450 e. The summed E-state index contributed by atoms with van der Waals surface area (Å²) in [6.45, 7) is 14.0. The van der Waals surface area contributed by atoms with E-state index in [0.29, 0.717) is 39.1 Å². The lowest BCUT2D eigenvalue weighted by Crippen LogP contribution is -2.60. The van der Waals surface area contributed by atoms with Crippen LogP contribution in [0.4, 0.5) is 9.59 Å². The monoisotopic (exact) mass is 373 g/mol. The van der Waals surface area contributed by atoms with E-state index in [1.165, 1.54) is 0 Å². The number of hydrogen-bond acceptors (Lipinski definition) is 5. The Labute approximate surface area is 152 Å². The van der Waals surface area contributed by atoms with Crippen LogP contribution in [0.1, 0.15) is 33.6 Å². The highest BCUT2D eigenvalue weighted by atomic mass is 28.3. The van der Waals surface area contributed by atoms with Crippen molar-refractivity contribution >= 4 is 20.3 Å². The fourth-order valence-electron chi connectivity index (χ4n) is 2.53. The molecule has 1 aliphatic rings. The first-order valence-electron chi connectivity index (χ1n) is 8.99. The first-order chi connectivity index (χ1) is 11.4.